The third kappa shape index (κ3) is 3.79. The molecule has 1 fully saturated rings. The Labute approximate surface area is 95.7 Å². The van der Waals surface area contributed by atoms with Crippen molar-refractivity contribution in [3.63, 3.8) is 0 Å². The van der Waals surface area contributed by atoms with Gasteiger partial charge in [0.05, 0.1) is 0 Å². The fraction of sp³-hybridized carbons (Fsp3) is 0.583. The van der Waals surface area contributed by atoms with Gasteiger partial charge in [0.1, 0.15) is 0 Å². The largest absolute Gasteiger partial charge is 0.329 e. The summed E-state index contributed by atoms with van der Waals surface area (Å²) in [6.45, 7) is 2.96. The van der Waals surface area contributed by atoms with Gasteiger partial charge in [-0.25, -0.2) is 0 Å². The molecule has 1 aliphatic carbocycles. The minimum Gasteiger partial charge on any atom is -0.329 e. The lowest BCUT2D eigenvalue weighted by molar-refractivity contribution is 0.323. The molecule has 16 heavy (non-hydrogen) atoms. The average molecular weight is 221 g/mol. The number of hydrogen-bond acceptors (Lipinski definition) is 3. The number of pyridine rings is 1. The first kappa shape index (κ1) is 11.4. The highest BCUT2D eigenvalue weighted by Crippen LogP contribution is 2.17. The highest BCUT2D eigenvalue weighted by atomic mass is 16.1. The molecule has 0 radical (unpaired) electrons. The topological polar surface area (TPSA) is 48.1 Å². The molecule has 1 heterocycles. The molecule has 2 rings (SSSR count). The van der Waals surface area contributed by atoms with E-state index >= 15 is 0 Å². The number of rotatable bonds is 6. The van der Waals surface area contributed by atoms with E-state index in [1.54, 1.807) is 12.3 Å². The van der Waals surface area contributed by atoms with E-state index in [2.05, 4.69) is 22.2 Å². The van der Waals surface area contributed by atoms with Crippen LogP contribution in [0.25, 0.3) is 0 Å². The van der Waals surface area contributed by atoms with Gasteiger partial charge in [0.15, 0.2) is 0 Å². The number of hydrogen-bond donors (Lipinski definition) is 2. The van der Waals surface area contributed by atoms with Gasteiger partial charge in [-0.3, -0.25) is 4.79 Å². The molecular formula is C12H19N3O. The second-order valence-electron chi connectivity index (χ2n) is 4.53. The Kier molecular flexibility index (Phi) is 3.74. The number of aromatic amines is 1. The summed E-state index contributed by atoms with van der Waals surface area (Å²) in [5, 5.41) is 3.48. The van der Waals surface area contributed by atoms with E-state index in [4.69, 9.17) is 0 Å². The molecule has 88 valence electrons. The van der Waals surface area contributed by atoms with Crippen molar-refractivity contribution < 1.29 is 0 Å². The molecule has 0 bridgehead atoms. The van der Waals surface area contributed by atoms with Gasteiger partial charge in [-0.15, -0.1) is 0 Å². The quantitative estimate of drug-likeness (QED) is 0.738. The van der Waals surface area contributed by atoms with Crippen LogP contribution < -0.4 is 10.9 Å². The van der Waals surface area contributed by atoms with Gasteiger partial charge < -0.3 is 15.2 Å². The van der Waals surface area contributed by atoms with Crippen LogP contribution >= 0.6 is 0 Å². The van der Waals surface area contributed by atoms with Gasteiger partial charge in [0.25, 0.3) is 0 Å². The predicted octanol–water partition coefficient (Wildman–Crippen LogP) is 0.559. The molecule has 0 saturated heterocycles. The van der Waals surface area contributed by atoms with Crippen molar-refractivity contribution >= 4 is 0 Å². The Bertz CT molecular complexity index is 364. The summed E-state index contributed by atoms with van der Waals surface area (Å²) < 4.78 is 0. The molecule has 0 spiro atoms. The van der Waals surface area contributed by atoms with Crippen molar-refractivity contribution in [3.8, 4) is 0 Å². The Morgan fingerprint density at radius 1 is 1.50 bits per heavy atom. The molecular weight excluding hydrogens is 202 g/mol. The summed E-state index contributed by atoms with van der Waals surface area (Å²) in [6, 6.07) is 4.23. The van der Waals surface area contributed by atoms with Crippen LogP contribution in [0.3, 0.4) is 0 Å². The standard InChI is InChI=1S/C12H19N3O/c1-15(7-6-13-11-3-4-11)9-10-2-5-12(16)14-8-10/h2,5,8,11,13H,3-4,6-7,9H2,1H3,(H,14,16). The van der Waals surface area contributed by atoms with E-state index in [0.29, 0.717) is 0 Å². The number of H-pyrrole nitrogens is 1. The first-order chi connectivity index (χ1) is 7.74. The Morgan fingerprint density at radius 3 is 2.94 bits per heavy atom. The maximum Gasteiger partial charge on any atom is 0.247 e. The molecule has 4 heteroatoms. The molecule has 0 atom stereocenters. The van der Waals surface area contributed by atoms with Gasteiger partial charge in [0.2, 0.25) is 5.56 Å². The maximum atomic E-state index is 10.9. The highest BCUT2D eigenvalue weighted by Gasteiger charge is 2.19. The number of nitrogens with zero attached hydrogens (tertiary/aromatic N) is 1. The molecule has 1 aromatic rings. The molecule has 1 aliphatic rings. The minimum absolute atomic E-state index is 0.0400. The van der Waals surface area contributed by atoms with E-state index < -0.39 is 0 Å². The van der Waals surface area contributed by atoms with Crippen molar-refractivity contribution in [3.05, 3.63) is 34.2 Å². The second kappa shape index (κ2) is 5.27. The lowest BCUT2D eigenvalue weighted by Crippen LogP contribution is -2.30. The van der Waals surface area contributed by atoms with Crippen LogP contribution in [0.15, 0.2) is 23.1 Å². The molecule has 0 amide bonds. The zero-order valence-electron chi connectivity index (χ0n) is 9.70. The number of nitrogens with one attached hydrogen (secondary N) is 2. The van der Waals surface area contributed by atoms with Crippen LogP contribution in [0.2, 0.25) is 0 Å². The molecule has 0 aliphatic heterocycles. The van der Waals surface area contributed by atoms with Crippen LogP contribution in [-0.2, 0) is 6.54 Å². The lowest BCUT2D eigenvalue weighted by atomic mass is 10.3. The van der Waals surface area contributed by atoms with Gasteiger partial charge in [-0.05, 0) is 25.5 Å². The van der Waals surface area contributed by atoms with Crippen LogP contribution in [0, 0.1) is 0 Å². The molecule has 0 unspecified atom stereocenters. The van der Waals surface area contributed by atoms with E-state index in [9.17, 15) is 4.79 Å². The smallest absolute Gasteiger partial charge is 0.247 e. The number of aromatic nitrogens is 1. The third-order valence-corrected chi connectivity index (χ3v) is 2.80. The van der Waals surface area contributed by atoms with Crippen molar-refractivity contribution in [1.82, 2.24) is 15.2 Å². The Hall–Kier alpha value is -1.13. The van der Waals surface area contributed by atoms with E-state index in [1.807, 2.05) is 6.07 Å². The fourth-order valence-corrected chi connectivity index (χ4v) is 1.68. The third-order valence-electron chi connectivity index (χ3n) is 2.80. The predicted molar refractivity (Wildman–Crippen MR) is 64.4 cm³/mol. The fourth-order valence-electron chi connectivity index (χ4n) is 1.68. The zero-order valence-corrected chi connectivity index (χ0v) is 9.70. The van der Waals surface area contributed by atoms with Crippen molar-refractivity contribution in [1.29, 1.82) is 0 Å². The van der Waals surface area contributed by atoms with Crippen LogP contribution in [0.1, 0.15) is 18.4 Å². The van der Waals surface area contributed by atoms with Crippen molar-refractivity contribution in [2.24, 2.45) is 0 Å². The maximum absolute atomic E-state index is 10.9. The van der Waals surface area contributed by atoms with Crippen LogP contribution in [0.4, 0.5) is 0 Å². The summed E-state index contributed by atoms with van der Waals surface area (Å²) >= 11 is 0. The van der Waals surface area contributed by atoms with E-state index in [-0.39, 0.29) is 5.56 Å². The van der Waals surface area contributed by atoms with Gasteiger partial charge in [-0.2, -0.15) is 0 Å². The van der Waals surface area contributed by atoms with E-state index in [1.165, 1.54) is 12.8 Å². The average Bonchev–Trinajstić information content (AvgIpc) is 3.05. The summed E-state index contributed by atoms with van der Waals surface area (Å²) in [5.41, 5.74) is 1.11. The van der Waals surface area contributed by atoms with Crippen LogP contribution in [-0.4, -0.2) is 36.1 Å². The van der Waals surface area contributed by atoms with Gasteiger partial charge in [0, 0.05) is 37.9 Å². The van der Waals surface area contributed by atoms with Gasteiger partial charge in [-0.1, -0.05) is 6.07 Å². The normalized spacial score (nSPS) is 15.6. The van der Waals surface area contributed by atoms with E-state index in [0.717, 1.165) is 31.2 Å². The monoisotopic (exact) mass is 221 g/mol. The van der Waals surface area contributed by atoms with Crippen molar-refractivity contribution in [2.75, 3.05) is 20.1 Å². The van der Waals surface area contributed by atoms with Crippen molar-refractivity contribution in [2.45, 2.75) is 25.4 Å². The second-order valence-corrected chi connectivity index (χ2v) is 4.53. The lowest BCUT2D eigenvalue weighted by Gasteiger charge is -2.16. The summed E-state index contributed by atoms with van der Waals surface area (Å²) in [5.74, 6) is 0. The number of likely N-dealkylation sites (N-methyl/N-ethyl adjacent to an activating group) is 1. The Morgan fingerprint density at radius 2 is 2.31 bits per heavy atom. The summed E-state index contributed by atoms with van der Waals surface area (Å²) in [6.07, 6.45) is 4.46. The van der Waals surface area contributed by atoms with Crippen LogP contribution in [0.5, 0.6) is 0 Å². The van der Waals surface area contributed by atoms with Gasteiger partial charge >= 0.3 is 0 Å². The molecule has 1 aromatic heterocycles. The molecule has 4 nitrogen and oxygen atoms in total. The molecule has 1 saturated carbocycles. The SMILES string of the molecule is CN(CCNC1CC1)Cc1ccc(=O)[nH]c1. The zero-order chi connectivity index (χ0) is 11.4. The molecule has 0 aromatic carbocycles. The summed E-state index contributed by atoms with van der Waals surface area (Å²) in [4.78, 5) is 15.8. The first-order valence-corrected chi connectivity index (χ1v) is 5.83. The first-order valence-electron chi connectivity index (χ1n) is 5.83. The molecule has 2 N–H and O–H groups in total. The minimum atomic E-state index is -0.0400. The summed E-state index contributed by atoms with van der Waals surface area (Å²) in [7, 11) is 2.10. The Balaban J connectivity index is 1.70. The highest BCUT2D eigenvalue weighted by molar-refractivity contribution is 5.08.